The SMILES string of the molecule is CCCC(CC[O])OC. The Morgan fingerprint density at radius 1 is 1.44 bits per heavy atom. The third-order valence-corrected chi connectivity index (χ3v) is 1.38. The summed E-state index contributed by atoms with van der Waals surface area (Å²) < 4.78 is 5.03. The first kappa shape index (κ1) is 8.92. The number of hydrogen-bond donors (Lipinski definition) is 0. The van der Waals surface area contributed by atoms with E-state index in [1.165, 1.54) is 0 Å². The molecular weight excluding hydrogens is 116 g/mol. The van der Waals surface area contributed by atoms with Gasteiger partial charge in [-0.2, -0.15) is 0 Å². The van der Waals surface area contributed by atoms with Crippen molar-refractivity contribution in [3.05, 3.63) is 0 Å². The van der Waals surface area contributed by atoms with Crippen molar-refractivity contribution in [1.82, 2.24) is 0 Å². The molecular formula is C7H15O2. The van der Waals surface area contributed by atoms with Gasteiger partial charge in [-0.15, -0.1) is 0 Å². The average Bonchev–Trinajstić information content (AvgIpc) is 1.88. The van der Waals surface area contributed by atoms with Crippen molar-refractivity contribution in [3.8, 4) is 0 Å². The molecule has 0 spiro atoms. The summed E-state index contributed by atoms with van der Waals surface area (Å²) in [6.45, 7) is 2.08. The Morgan fingerprint density at radius 3 is 2.44 bits per heavy atom. The van der Waals surface area contributed by atoms with E-state index in [2.05, 4.69) is 6.92 Å². The zero-order valence-electron chi connectivity index (χ0n) is 6.22. The zero-order valence-corrected chi connectivity index (χ0v) is 6.22. The number of ether oxygens (including phenoxy) is 1. The van der Waals surface area contributed by atoms with Crippen molar-refractivity contribution in [1.29, 1.82) is 0 Å². The lowest BCUT2D eigenvalue weighted by Crippen LogP contribution is -2.11. The molecule has 0 aromatic heterocycles. The third kappa shape index (κ3) is 4.43. The van der Waals surface area contributed by atoms with Crippen LogP contribution in [0.5, 0.6) is 0 Å². The number of rotatable bonds is 5. The third-order valence-electron chi connectivity index (χ3n) is 1.38. The number of methoxy groups -OCH3 is 1. The van der Waals surface area contributed by atoms with Gasteiger partial charge in [0.15, 0.2) is 0 Å². The second kappa shape index (κ2) is 6.05. The molecule has 1 atom stereocenters. The Morgan fingerprint density at radius 2 is 2.11 bits per heavy atom. The highest BCUT2D eigenvalue weighted by Crippen LogP contribution is 2.03. The van der Waals surface area contributed by atoms with Gasteiger partial charge in [-0.3, -0.25) is 0 Å². The molecule has 2 heteroatoms. The summed E-state index contributed by atoms with van der Waals surface area (Å²) in [6, 6.07) is 0. The quantitative estimate of drug-likeness (QED) is 0.557. The van der Waals surface area contributed by atoms with E-state index in [1.54, 1.807) is 7.11 Å². The molecule has 0 aliphatic carbocycles. The van der Waals surface area contributed by atoms with Gasteiger partial charge in [0.05, 0.1) is 12.7 Å². The molecule has 0 rings (SSSR count). The maximum Gasteiger partial charge on any atom is 0.0847 e. The smallest absolute Gasteiger partial charge is 0.0847 e. The molecule has 0 saturated heterocycles. The van der Waals surface area contributed by atoms with E-state index < -0.39 is 0 Å². The Bertz CT molecular complexity index is 48.9. The van der Waals surface area contributed by atoms with Crippen LogP contribution in [-0.2, 0) is 9.84 Å². The highest BCUT2D eigenvalue weighted by Gasteiger charge is 2.03. The summed E-state index contributed by atoms with van der Waals surface area (Å²) >= 11 is 0. The van der Waals surface area contributed by atoms with Crippen LogP contribution in [0.1, 0.15) is 26.2 Å². The van der Waals surface area contributed by atoms with Crippen LogP contribution in [-0.4, -0.2) is 19.8 Å². The minimum atomic E-state index is -0.0154. The van der Waals surface area contributed by atoms with E-state index >= 15 is 0 Å². The molecule has 55 valence electrons. The van der Waals surface area contributed by atoms with Crippen LogP contribution in [0.4, 0.5) is 0 Å². The fourth-order valence-corrected chi connectivity index (χ4v) is 0.833. The molecule has 1 unspecified atom stereocenters. The summed E-state index contributed by atoms with van der Waals surface area (Å²) in [5.74, 6) is 0. The van der Waals surface area contributed by atoms with Crippen molar-refractivity contribution in [2.45, 2.75) is 32.3 Å². The number of hydrogen-bond acceptors (Lipinski definition) is 1. The van der Waals surface area contributed by atoms with E-state index in [1.807, 2.05) is 0 Å². The fraction of sp³-hybridized carbons (Fsp3) is 1.00. The summed E-state index contributed by atoms with van der Waals surface area (Å²) in [4.78, 5) is 0. The minimum Gasteiger partial charge on any atom is -0.381 e. The van der Waals surface area contributed by atoms with Crippen molar-refractivity contribution < 1.29 is 9.84 Å². The van der Waals surface area contributed by atoms with Gasteiger partial charge in [-0.25, -0.2) is 5.11 Å². The molecule has 0 N–H and O–H groups in total. The molecule has 0 saturated carbocycles. The molecule has 2 nitrogen and oxygen atoms in total. The lowest BCUT2D eigenvalue weighted by Gasteiger charge is -2.10. The zero-order chi connectivity index (χ0) is 7.11. The molecule has 0 aliphatic rings. The normalized spacial score (nSPS) is 13.7. The first-order chi connectivity index (χ1) is 4.35. The van der Waals surface area contributed by atoms with Crippen molar-refractivity contribution in [2.75, 3.05) is 13.7 Å². The van der Waals surface area contributed by atoms with Crippen LogP contribution in [0.15, 0.2) is 0 Å². The second-order valence-corrected chi connectivity index (χ2v) is 2.14. The molecule has 0 amide bonds. The van der Waals surface area contributed by atoms with E-state index in [4.69, 9.17) is 4.74 Å². The van der Waals surface area contributed by atoms with Gasteiger partial charge in [0, 0.05) is 13.5 Å². The van der Waals surface area contributed by atoms with Crippen LogP contribution in [0.3, 0.4) is 0 Å². The van der Waals surface area contributed by atoms with Gasteiger partial charge in [0.1, 0.15) is 0 Å². The summed E-state index contributed by atoms with van der Waals surface area (Å²) in [5.41, 5.74) is 0. The van der Waals surface area contributed by atoms with E-state index in [-0.39, 0.29) is 12.7 Å². The highest BCUT2D eigenvalue weighted by atomic mass is 16.5. The van der Waals surface area contributed by atoms with E-state index in [0.29, 0.717) is 6.42 Å². The summed E-state index contributed by atoms with van der Waals surface area (Å²) in [6.07, 6.45) is 2.97. The van der Waals surface area contributed by atoms with Crippen LogP contribution < -0.4 is 0 Å². The predicted octanol–water partition coefficient (Wildman–Crippen LogP) is 1.62. The van der Waals surface area contributed by atoms with Gasteiger partial charge in [-0.1, -0.05) is 13.3 Å². The largest absolute Gasteiger partial charge is 0.381 e. The minimum absolute atomic E-state index is 0.0154. The standard InChI is InChI=1S/C7H15O2/c1-3-4-7(9-2)5-6-8/h7H,3-6H2,1-2H3. The molecule has 0 aliphatic heterocycles. The van der Waals surface area contributed by atoms with Crippen LogP contribution >= 0.6 is 0 Å². The van der Waals surface area contributed by atoms with Crippen molar-refractivity contribution in [2.24, 2.45) is 0 Å². The van der Waals surface area contributed by atoms with Crippen molar-refractivity contribution in [3.63, 3.8) is 0 Å². The van der Waals surface area contributed by atoms with Crippen LogP contribution in [0.25, 0.3) is 0 Å². The lowest BCUT2D eigenvalue weighted by molar-refractivity contribution is 0.0566. The molecule has 0 heterocycles. The van der Waals surface area contributed by atoms with Gasteiger partial charge >= 0.3 is 0 Å². The van der Waals surface area contributed by atoms with Gasteiger partial charge in [0.2, 0.25) is 0 Å². The summed E-state index contributed by atoms with van der Waals surface area (Å²) in [5, 5.41) is 10.1. The first-order valence-corrected chi connectivity index (χ1v) is 3.46. The Balaban J connectivity index is 3.18. The highest BCUT2D eigenvalue weighted by molar-refractivity contribution is 4.54. The first-order valence-electron chi connectivity index (χ1n) is 3.46. The maximum absolute atomic E-state index is 10.1. The lowest BCUT2D eigenvalue weighted by atomic mass is 10.1. The molecule has 0 aromatic carbocycles. The van der Waals surface area contributed by atoms with E-state index in [9.17, 15) is 5.11 Å². The maximum atomic E-state index is 10.1. The van der Waals surface area contributed by atoms with Gasteiger partial charge in [0.25, 0.3) is 0 Å². The van der Waals surface area contributed by atoms with Gasteiger partial charge in [-0.05, 0) is 6.42 Å². The Kier molecular flexibility index (Phi) is 5.99. The molecule has 0 aromatic rings. The predicted molar refractivity (Wildman–Crippen MR) is 35.9 cm³/mol. The molecule has 1 radical (unpaired) electrons. The second-order valence-electron chi connectivity index (χ2n) is 2.14. The average molecular weight is 131 g/mol. The van der Waals surface area contributed by atoms with Gasteiger partial charge < -0.3 is 4.74 Å². The van der Waals surface area contributed by atoms with Crippen molar-refractivity contribution >= 4 is 0 Å². The molecule has 0 fully saturated rings. The molecule has 9 heavy (non-hydrogen) atoms. The van der Waals surface area contributed by atoms with E-state index in [0.717, 1.165) is 12.8 Å². The molecule has 0 bridgehead atoms. The fourth-order valence-electron chi connectivity index (χ4n) is 0.833. The Hall–Kier alpha value is -0.0800. The van der Waals surface area contributed by atoms with Crippen LogP contribution in [0, 0.1) is 0 Å². The topological polar surface area (TPSA) is 29.1 Å². The Labute approximate surface area is 56.8 Å². The summed E-state index contributed by atoms with van der Waals surface area (Å²) in [7, 11) is 1.66. The monoisotopic (exact) mass is 131 g/mol. The van der Waals surface area contributed by atoms with Crippen LogP contribution in [0.2, 0.25) is 0 Å².